The Morgan fingerprint density at radius 1 is 0.871 bits per heavy atom. The van der Waals surface area contributed by atoms with Crippen LogP contribution in [0.15, 0.2) is 72.8 Å². The Balaban J connectivity index is 1.62. The van der Waals surface area contributed by atoms with Gasteiger partial charge in [-0.1, -0.05) is 65.7 Å². The number of benzene rings is 3. The number of Topliss-reactive ketones (excluding diaryl/α,β-unsaturated/α-hetero) is 2. The number of fused-ring (bicyclic) bond motifs is 1. The van der Waals surface area contributed by atoms with Gasteiger partial charge in [0.2, 0.25) is 17.2 Å². The van der Waals surface area contributed by atoms with Gasteiger partial charge in [-0.2, -0.15) is 0 Å². The van der Waals surface area contributed by atoms with Crippen molar-refractivity contribution in [1.29, 1.82) is 0 Å². The van der Waals surface area contributed by atoms with Crippen LogP contribution >= 0.6 is 11.6 Å². The van der Waals surface area contributed by atoms with Crippen LogP contribution in [0.25, 0.3) is 0 Å². The number of aryl methyl sites for hydroxylation is 1. The molecule has 5 nitrogen and oxygen atoms in total. The average molecular weight is 433 g/mol. The van der Waals surface area contributed by atoms with Gasteiger partial charge in [0, 0.05) is 28.3 Å². The summed E-state index contributed by atoms with van der Waals surface area (Å²) < 4.78 is 0. The molecule has 0 unspecified atom stereocenters. The normalized spacial score (nSPS) is 14.4. The van der Waals surface area contributed by atoms with Gasteiger partial charge in [-0.3, -0.25) is 19.7 Å². The van der Waals surface area contributed by atoms with Gasteiger partial charge < -0.3 is 5.32 Å². The molecule has 0 fully saturated rings. The van der Waals surface area contributed by atoms with E-state index in [0.29, 0.717) is 34.7 Å². The molecule has 1 amide bonds. The van der Waals surface area contributed by atoms with E-state index in [1.54, 1.807) is 48.5 Å². The third-order valence-electron chi connectivity index (χ3n) is 5.43. The Kier molecular flexibility index (Phi) is 5.72. The zero-order valence-electron chi connectivity index (χ0n) is 16.9. The molecule has 31 heavy (non-hydrogen) atoms. The summed E-state index contributed by atoms with van der Waals surface area (Å²) in [4.78, 5) is 39.6. The summed E-state index contributed by atoms with van der Waals surface area (Å²) in [7, 11) is 0. The fraction of sp³-hybridized carbons (Fsp3) is 0.160. The topological polar surface area (TPSA) is 75.3 Å². The van der Waals surface area contributed by atoms with Crippen LogP contribution in [0.2, 0.25) is 5.02 Å². The molecule has 0 spiro atoms. The van der Waals surface area contributed by atoms with Gasteiger partial charge in [0.25, 0.3) is 5.91 Å². The predicted molar refractivity (Wildman–Crippen MR) is 120 cm³/mol. The molecule has 1 aliphatic rings. The Morgan fingerprint density at radius 3 is 2.03 bits per heavy atom. The van der Waals surface area contributed by atoms with Gasteiger partial charge >= 0.3 is 0 Å². The first kappa shape index (κ1) is 21.0. The highest BCUT2D eigenvalue weighted by atomic mass is 35.5. The first-order valence-corrected chi connectivity index (χ1v) is 10.4. The van der Waals surface area contributed by atoms with E-state index in [1.807, 2.05) is 31.2 Å². The lowest BCUT2D eigenvalue weighted by Crippen LogP contribution is -2.66. The number of rotatable bonds is 6. The fourth-order valence-electron chi connectivity index (χ4n) is 3.70. The highest BCUT2D eigenvalue weighted by Gasteiger charge is 2.53. The van der Waals surface area contributed by atoms with E-state index in [0.717, 1.165) is 11.1 Å². The summed E-state index contributed by atoms with van der Waals surface area (Å²) >= 11 is 5.93. The van der Waals surface area contributed by atoms with E-state index < -0.39 is 23.1 Å². The first-order valence-electron chi connectivity index (χ1n) is 9.98. The average Bonchev–Trinajstić information content (AvgIpc) is 2.98. The minimum Gasteiger partial charge on any atom is -0.321 e. The second kappa shape index (κ2) is 8.46. The van der Waals surface area contributed by atoms with Crippen molar-refractivity contribution in [1.82, 2.24) is 10.6 Å². The van der Waals surface area contributed by atoms with Gasteiger partial charge in [-0.25, -0.2) is 0 Å². The Hall–Kier alpha value is -3.28. The highest BCUT2D eigenvalue weighted by molar-refractivity contribution is 6.33. The lowest BCUT2D eigenvalue weighted by molar-refractivity contribution is 0.0655. The van der Waals surface area contributed by atoms with Gasteiger partial charge in [0.1, 0.15) is 0 Å². The molecular weight excluding hydrogens is 412 g/mol. The number of halogens is 1. The second-order valence-corrected chi connectivity index (χ2v) is 8.01. The van der Waals surface area contributed by atoms with Gasteiger partial charge in [-0.05, 0) is 43.2 Å². The summed E-state index contributed by atoms with van der Waals surface area (Å²) in [5.41, 5.74) is 1.14. The molecule has 0 saturated carbocycles. The lowest BCUT2D eigenvalue weighted by Gasteiger charge is -2.28. The van der Waals surface area contributed by atoms with Crippen LogP contribution in [0.4, 0.5) is 0 Å². The maximum absolute atomic E-state index is 13.3. The highest BCUT2D eigenvalue weighted by Crippen LogP contribution is 2.29. The molecule has 4 rings (SSSR count). The van der Waals surface area contributed by atoms with Gasteiger partial charge in [-0.15, -0.1) is 0 Å². The number of nitrogens with one attached hydrogen (secondary N) is 2. The fourth-order valence-corrected chi connectivity index (χ4v) is 3.82. The summed E-state index contributed by atoms with van der Waals surface area (Å²) in [6.07, 6.45) is 0.552. The monoisotopic (exact) mass is 432 g/mol. The summed E-state index contributed by atoms with van der Waals surface area (Å²) in [5.74, 6) is -1.40. The molecule has 3 aromatic rings. The quantitative estimate of drug-likeness (QED) is 0.456. The molecular formula is C25H21ClN2O3. The predicted octanol–water partition coefficient (Wildman–Crippen LogP) is 3.99. The molecule has 0 aromatic heterocycles. The maximum Gasteiger partial charge on any atom is 0.253 e. The van der Waals surface area contributed by atoms with Crippen molar-refractivity contribution >= 4 is 29.1 Å². The molecule has 0 bridgehead atoms. The van der Waals surface area contributed by atoms with E-state index in [-0.39, 0.29) is 0 Å². The number of hydrogen-bond acceptors (Lipinski definition) is 4. The smallest absolute Gasteiger partial charge is 0.253 e. The SMILES string of the molecule is Cc1ccc(C(=O)NC2(NCCc3ccc(Cl)cc3)C(=O)c3ccccc3C2=O)cc1. The number of ketones is 2. The largest absolute Gasteiger partial charge is 0.321 e. The van der Waals surface area contributed by atoms with E-state index in [9.17, 15) is 14.4 Å². The number of hydrogen-bond donors (Lipinski definition) is 2. The van der Waals surface area contributed by atoms with Crippen molar-refractivity contribution in [2.75, 3.05) is 6.54 Å². The first-order chi connectivity index (χ1) is 14.9. The molecule has 0 aliphatic heterocycles. The Morgan fingerprint density at radius 2 is 1.45 bits per heavy atom. The Bertz CT molecular complexity index is 1120. The summed E-state index contributed by atoms with van der Waals surface area (Å²) in [6.45, 7) is 2.23. The van der Waals surface area contributed by atoms with Crippen molar-refractivity contribution in [3.63, 3.8) is 0 Å². The van der Waals surface area contributed by atoms with Crippen LogP contribution in [-0.2, 0) is 6.42 Å². The molecule has 2 N–H and O–H groups in total. The van der Waals surface area contributed by atoms with Crippen molar-refractivity contribution in [2.45, 2.75) is 19.0 Å². The minimum absolute atomic E-state index is 0.302. The molecule has 1 aliphatic carbocycles. The molecule has 156 valence electrons. The van der Waals surface area contributed by atoms with Crippen LogP contribution < -0.4 is 10.6 Å². The third-order valence-corrected chi connectivity index (χ3v) is 5.68. The third kappa shape index (κ3) is 4.02. The van der Waals surface area contributed by atoms with Crippen molar-refractivity contribution in [3.8, 4) is 0 Å². The maximum atomic E-state index is 13.3. The van der Waals surface area contributed by atoms with Crippen molar-refractivity contribution in [2.24, 2.45) is 0 Å². The molecule has 0 saturated heterocycles. The molecule has 0 heterocycles. The van der Waals surface area contributed by atoms with E-state index >= 15 is 0 Å². The van der Waals surface area contributed by atoms with Gasteiger partial charge in [0.15, 0.2) is 0 Å². The van der Waals surface area contributed by atoms with E-state index in [4.69, 9.17) is 11.6 Å². The molecule has 3 aromatic carbocycles. The zero-order chi connectivity index (χ0) is 22.0. The van der Waals surface area contributed by atoms with Crippen LogP contribution in [0.5, 0.6) is 0 Å². The molecule has 0 atom stereocenters. The zero-order valence-corrected chi connectivity index (χ0v) is 17.7. The summed E-state index contributed by atoms with van der Waals surface area (Å²) in [6, 6.07) is 20.9. The Labute approximate surface area is 185 Å². The van der Waals surface area contributed by atoms with Crippen LogP contribution in [0, 0.1) is 6.92 Å². The number of carbonyl (C=O) groups is 3. The van der Waals surface area contributed by atoms with Crippen LogP contribution in [0.1, 0.15) is 42.2 Å². The minimum atomic E-state index is -1.84. The van der Waals surface area contributed by atoms with E-state index in [1.165, 1.54) is 0 Å². The number of amides is 1. The molecule has 6 heteroatoms. The number of carbonyl (C=O) groups excluding carboxylic acids is 3. The standard InChI is InChI=1S/C25H21ClN2O3/c1-16-6-10-18(11-7-16)24(31)28-25(27-15-14-17-8-12-19(26)13-9-17)22(29)20-4-2-3-5-21(20)23(25)30/h2-13,27H,14-15H2,1H3,(H,28,31). The summed E-state index contributed by atoms with van der Waals surface area (Å²) in [5, 5.41) is 6.39. The van der Waals surface area contributed by atoms with Crippen molar-refractivity contribution < 1.29 is 14.4 Å². The lowest BCUT2D eigenvalue weighted by atomic mass is 10.0. The van der Waals surface area contributed by atoms with E-state index in [2.05, 4.69) is 10.6 Å². The van der Waals surface area contributed by atoms with Crippen molar-refractivity contribution in [3.05, 3.63) is 106 Å². The van der Waals surface area contributed by atoms with Crippen LogP contribution in [-0.4, -0.2) is 29.7 Å². The molecule has 0 radical (unpaired) electrons. The van der Waals surface area contributed by atoms with Gasteiger partial charge in [0.05, 0.1) is 0 Å². The second-order valence-electron chi connectivity index (χ2n) is 7.58. The van der Waals surface area contributed by atoms with Crippen LogP contribution in [0.3, 0.4) is 0 Å².